The summed E-state index contributed by atoms with van der Waals surface area (Å²) in [6, 6.07) is 1.40. The number of nitrogens with one attached hydrogen (secondary N) is 3. The van der Waals surface area contributed by atoms with Crippen molar-refractivity contribution in [1.29, 1.82) is 0 Å². The molecule has 0 spiro atoms. The zero-order valence-electron chi connectivity index (χ0n) is 32.5. The molecule has 3 saturated heterocycles. The molecule has 21 heteroatoms. The van der Waals surface area contributed by atoms with Gasteiger partial charge in [-0.05, 0) is 19.9 Å². The Morgan fingerprint density at radius 3 is 2.46 bits per heavy atom. The van der Waals surface area contributed by atoms with Crippen LogP contribution >= 0.6 is 0 Å². The van der Waals surface area contributed by atoms with E-state index >= 15 is 0 Å². The number of hydrogen-bond acceptors (Lipinski definition) is 17. The number of carbonyl (C=O) groups excluding carboxylic acids is 6. The number of primary amides is 1. The van der Waals surface area contributed by atoms with E-state index in [4.69, 9.17) is 39.9 Å². The van der Waals surface area contributed by atoms with Crippen LogP contribution in [0.4, 0.5) is 0 Å². The van der Waals surface area contributed by atoms with Crippen molar-refractivity contribution in [3.05, 3.63) is 51.6 Å². The second-order valence-electron chi connectivity index (χ2n) is 15.1. The normalized spacial score (nSPS) is 29.4. The number of aliphatic hydroxyl groups is 1. The molecule has 0 bridgehead atoms. The maximum atomic E-state index is 14.1. The van der Waals surface area contributed by atoms with E-state index in [1.807, 2.05) is 0 Å². The first-order chi connectivity index (χ1) is 28.0. The number of methoxy groups -OCH3 is 2. The van der Waals surface area contributed by atoms with Gasteiger partial charge in [0.25, 0.3) is 11.8 Å². The molecule has 0 aromatic heterocycles. The second-order valence-corrected chi connectivity index (χ2v) is 15.1. The predicted octanol–water partition coefficient (Wildman–Crippen LogP) is -2.00. The minimum absolute atomic E-state index is 0.0569. The Hall–Kier alpha value is -5.26. The number of nitrogens with two attached hydrogens (primary N) is 2. The van der Waals surface area contributed by atoms with E-state index in [0.717, 1.165) is 0 Å². The first-order valence-corrected chi connectivity index (χ1v) is 18.9. The zero-order chi connectivity index (χ0) is 42.7. The number of morpholine rings is 1. The van der Waals surface area contributed by atoms with Crippen LogP contribution in [0.2, 0.25) is 0 Å². The molecule has 0 saturated carbocycles. The van der Waals surface area contributed by atoms with Crippen molar-refractivity contribution in [2.75, 3.05) is 27.4 Å². The highest BCUT2D eigenvalue weighted by atomic mass is 16.7. The third-order valence-corrected chi connectivity index (χ3v) is 11.4. The molecule has 10 N–H and O–H groups in total. The fourth-order valence-electron chi connectivity index (χ4n) is 8.54. The van der Waals surface area contributed by atoms with Gasteiger partial charge in [0.1, 0.15) is 29.4 Å². The van der Waals surface area contributed by atoms with Crippen LogP contribution < -0.4 is 32.4 Å². The highest BCUT2D eigenvalue weighted by Gasteiger charge is 2.55. The van der Waals surface area contributed by atoms with Gasteiger partial charge in [-0.2, -0.15) is 0 Å². The number of fused-ring (bicyclic) bond motifs is 6. The van der Waals surface area contributed by atoms with Gasteiger partial charge in [-0.1, -0.05) is 12.1 Å². The summed E-state index contributed by atoms with van der Waals surface area (Å²) in [5.74, 6) is -6.95. The molecule has 3 heterocycles. The molecule has 3 aliphatic heterocycles. The minimum atomic E-state index is -2.51. The molecule has 0 unspecified atom stereocenters. The van der Waals surface area contributed by atoms with Gasteiger partial charge >= 0.3 is 0 Å². The van der Waals surface area contributed by atoms with E-state index in [9.17, 15) is 44.1 Å². The van der Waals surface area contributed by atoms with Gasteiger partial charge in [-0.25, -0.2) is 0 Å². The minimum Gasteiger partial charge on any atom is -0.507 e. The Morgan fingerprint density at radius 2 is 1.76 bits per heavy atom. The number of nitrogens with zero attached hydrogens (tertiary/aromatic N) is 1. The molecule has 7 rings (SSSR count). The van der Waals surface area contributed by atoms with Crippen LogP contribution in [0.15, 0.2) is 18.2 Å². The van der Waals surface area contributed by atoms with Crippen molar-refractivity contribution in [3.63, 3.8) is 0 Å². The van der Waals surface area contributed by atoms with Gasteiger partial charge in [-0.3, -0.25) is 44.5 Å². The van der Waals surface area contributed by atoms with Gasteiger partial charge < -0.3 is 60.5 Å². The van der Waals surface area contributed by atoms with Crippen LogP contribution in [0.1, 0.15) is 82.2 Å². The molecule has 5 aliphatic rings. The van der Waals surface area contributed by atoms with Crippen LogP contribution in [0.5, 0.6) is 17.2 Å². The largest absolute Gasteiger partial charge is 0.507 e. The number of benzene rings is 2. The molecular formula is C38H46N6O15. The zero-order valence-corrected chi connectivity index (χ0v) is 32.5. The van der Waals surface area contributed by atoms with Crippen LogP contribution in [0.3, 0.4) is 0 Å². The van der Waals surface area contributed by atoms with Gasteiger partial charge in [-0.15, -0.1) is 0 Å². The second kappa shape index (κ2) is 16.1. The van der Waals surface area contributed by atoms with Crippen LogP contribution in [0, 0.1) is 0 Å². The molecule has 0 radical (unpaired) electrons. The molecule has 318 valence electrons. The van der Waals surface area contributed by atoms with Gasteiger partial charge in [0.15, 0.2) is 30.2 Å². The highest BCUT2D eigenvalue weighted by molar-refractivity contribution is 6.31. The number of rotatable bonds is 10. The fourth-order valence-corrected chi connectivity index (χ4v) is 8.54. The van der Waals surface area contributed by atoms with Crippen molar-refractivity contribution >= 4 is 35.2 Å². The molecule has 4 amide bonds. The number of amides is 4. The van der Waals surface area contributed by atoms with E-state index < -0.39 is 132 Å². The average molecular weight is 827 g/mol. The lowest BCUT2D eigenvalue weighted by Crippen LogP contribution is -2.59. The predicted molar refractivity (Wildman–Crippen MR) is 197 cm³/mol. The van der Waals surface area contributed by atoms with E-state index in [-0.39, 0.29) is 40.5 Å². The summed E-state index contributed by atoms with van der Waals surface area (Å²) in [6.45, 7) is 3.91. The lowest BCUT2D eigenvalue weighted by molar-refractivity contribution is -0.256. The number of aromatic hydroxyl groups is 2. The molecule has 3 fully saturated rings. The summed E-state index contributed by atoms with van der Waals surface area (Å²) in [5.41, 5.74) is 10.7. The number of hydrogen-bond donors (Lipinski definition) is 8. The van der Waals surface area contributed by atoms with Crippen molar-refractivity contribution in [1.82, 2.24) is 21.1 Å². The number of ether oxygens (including phenoxy) is 6. The Kier molecular flexibility index (Phi) is 11.4. The number of phenols is 2. The topological polar surface area (TPSA) is 310 Å². The summed E-state index contributed by atoms with van der Waals surface area (Å²) >= 11 is 0. The Bertz CT molecular complexity index is 2100. The molecule has 10 atom stereocenters. The van der Waals surface area contributed by atoms with Crippen LogP contribution in [-0.4, -0.2) is 138 Å². The van der Waals surface area contributed by atoms with Crippen molar-refractivity contribution < 1.29 is 72.5 Å². The Morgan fingerprint density at radius 1 is 1.03 bits per heavy atom. The van der Waals surface area contributed by atoms with Crippen LogP contribution in [-0.2, 0) is 49.3 Å². The van der Waals surface area contributed by atoms with Crippen LogP contribution in [0.25, 0.3) is 0 Å². The Balaban J connectivity index is 1.20. The molecule has 2 aromatic carbocycles. The SMILES string of the molecule is COc1cccc2c1C(=O)c1c(O)c3c(c(O)c1C2=O)C[C@@](O)(C(=O)NNC(=O)[C@H](C)NC(=O)[C@@H](N)CC(N)=O)C[C@@H]3O[C@H]1C[C@H]2[C@H](O[C@@H]3[C@@H](OC)OCCN32)[C@H](C)O1. The fraction of sp³-hybridized carbons (Fsp3) is 0.526. The molecule has 21 nitrogen and oxygen atoms in total. The number of ketones is 2. The lowest BCUT2D eigenvalue weighted by Gasteiger charge is -2.43. The van der Waals surface area contributed by atoms with E-state index in [2.05, 4.69) is 21.1 Å². The summed E-state index contributed by atoms with van der Waals surface area (Å²) in [5, 5.41) is 38.2. The number of carbonyl (C=O) groups is 6. The summed E-state index contributed by atoms with van der Waals surface area (Å²) in [6.07, 6.45) is -6.36. The smallest absolute Gasteiger partial charge is 0.270 e. The summed E-state index contributed by atoms with van der Waals surface area (Å²) in [7, 11) is 2.81. The Labute approximate surface area is 336 Å². The van der Waals surface area contributed by atoms with Crippen molar-refractivity contribution in [3.8, 4) is 17.2 Å². The number of hydrazine groups is 1. The maximum absolute atomic E-state index is 14.1. The van der Waals surface area contributed by atoms with Crippen molar-refractivity contribution in [2.24, 2.45) is 11.5 Å². The first-order valence-electron chi connectivity index (χ1n) is 18.9. The van der Waals surface area contributed by atoms with E-state index in [0.29, 0.717) is 13.2 Å². The lowest BCUT2D eigenvalue weighted by atomic mass is 9.72. The van der Waals surface area contributed by atoms with Crippen molar-refractivity contribution in [2.45, 2.75) is 100 Å². The quantitative estimate of drug-likeness (QED) is 0.0810. The monoisotopic (exact) mass is 826 g/mol. The summed E-state index contributed by atoms with van der Waals surface area (Å²) < 4.78 is 35.6. The first kappa shape index (κ1) is 41.9. The standard InChI is InChI=1S/C38H46N6O15/c1-14(41-34(51)18(39)10-22(40)45)33(50)42-43-37(52)38(53)12-17-25(31(49)27-26(29(17)47)28(46)16-6-5-7-20(54-3)24(16)30(27)48)21(13-38)58-23-11-19-32(15(2)57-23)59-35-36(55-4)56-9-8-44(19)35/h5-7,14-15,18-19,21,23,32,35-36,47,49,53H,8-13,39H2,1-4H3,(H2,40,45)(H,41,51)(H,42,50)(H,43,52)/t14-,15-,18-,19-,21-,23-,32+,35+,36-,38-/m0/s1. The third kappa shape index (κ3) is 7.37. The molecule has 2 aromatic rings. The average Bonchev–Trinajstić information content (AvgIpc) is 3.58. The molecular weight excluding hydrogens is 780 g/mol. The van der Waals surface area contributed by atoms with Gasteiger partial charge in [0.2, 0.25) is 17.6 Å². The maximum Gasteiger partial charge on any atom is 0.270 e. The highest BCUT2D eigenvalue weighted by Crippen LogP contribution is 2.53. The van der Waals surface area contributed by atoms with Gasteiger partial charge in [0.05, 0.1) is 55.1 Å². The molecule has 2 aliphatic carbocycles. The van der Waals surface area contributed by atoms with E-state index in [1.54, 1.807) is 6.92 Å². The van der Waals surface area contributed by atoms with Gasteiger partial charge in [0, 0.05) is 55.6 Å². The molecule has 59 heavy (non-hydrogen) atoms. The number of phenolic OH excluding ortho intramolecular Hbond substituents is 2. The van der Waals surface area contributed by atoms with E-state index in [1.165, 1.54) is 39.3 Å². The third-order valence-electron chi connectivity index (χ3n) is 11.4. The summed E-state index contributed by atoms with van der Waals surface area (Å²) in [4.78, 5) is 80.4.